The predicted molar refractivity (Wildman–Crippen MR) is 99.8 cm³/mol. The molecule has 0 aliphatic heterocycles. The lowest BCUT2D eigenvalue weighted by Crippen LogP contribution is -2.18. The number of rotatable bonds is 7. The normalized spacial score (nSPS) is 10.6. The monoisotopic (exact) mass is 385 g/mol. The van der Waals surface area contributed by atoms with Crippen molar-refractivity contribution in [3.8, 4) is 17.1 Å². The molecule has 0 fully saturated rings. The Kier molecular flexibility index (Phi) is 5.83. The summed E-state index contributed by atoms with van der Waals surface area (Å²) in [7, 11) is 0. The molecule has 0 radical (unpaired) electrons. The number of benzene rings is 2. The van der Waals surface area contributed by atoms with Gasteiger partial charge in [-0.25, -0.2) is 0 Å². The molecular formula is C19H16ClN3O4. The maximum absolute atomic E-state index is 12.0. The molecule has 3 aromatic rings. The third-order valence-electron chi connectivity index (χ3n) is 3.82. The summed E-state index contributed by atoms with van der Waals surface area (Å²) < 4.78 is 5.71. The van der Waals surface area contributed by atoms with Gasteiger partial charge in [0, 0.05) is 22.6 Å². The minimum Gasteiger partial charge on any atom is -0.489 e. The highest BCUT2D eigenvalue weighted by Gasteiger charge is 2.09. The Labute approximate surface area is 159 Å². The largest absolute Gasteiger partial charge is 0.489 e. The van der Waals surface area contributed by atoms with E-state index in [1.165, 1.54) is 0 Å². The second kappa shape index (κ2) is 8.46. The van der Waals surface area contributed by atoms with E-state index in [4.69, 9.17) is 21.4 Å². The van der Waals surface area contributed by atoms with Crippen molar-refractivity contribution in [3.05, 3.63) is 75.2 Å². The minimum absolute atomic E-state index is 0.0345. The number of hydrogen-bond donors (Lipinski definition) is 2. The number of hydrogen-bond acceptors (Lipinski definition) is 5. The van der Waals surface area contributed by atoms with Crippen LogP contribution in [0.5, 0.6) is 5.75 Å². The third kappa shape index (κ3) is 4.92. The number of aliphatic carboxylic acids is 1. The standard InChI is InChI=1S/C19H16ClN3O4/c20-15-4-2-1-3-13(15)11-27-14-7-5-12(6-8-14)18-21-19(26)16(22-23-18)9-10-17(24)25/h1-8H,9-11H2,(H,24,25)(H,21,23,26). The van der Waals surface area contributed by atoms with E-state index in [1.54, 1.807) is 30.3 Å². The van der Waals surface area contributed by atoms with Crippen LogP contribution in [-0.4, -0.2) is 26.3 Å². The lowest BCUT2D eigenvalue weighted by Gasteiger charge is -2.08. The van der Waals surface area contributed by atoms with Crippen LogP contribution in [0.15, 0.2) is 53.3 Å². The van der Waals surface area contributed by atoms with Gasteiger partial charge in [-0.2, -0.15) is 0 Å². The number of ether oxygens (including phenoxy) is 1. The Morgan fingerprint density at radius 1 is 1.11 bits per heavy atom. The van der Waals surface area contributed by atoms with E-state index in [9.17, 15) is 9.59 Å². The molecule has 8 heteroatoms. The fourth-order valence-electron chi connectivity index (χ4n) is 2.36. The van der Waals surface area contributed by atoms with Crippen LogP contribution in [0.3, 0.4) is 0 Å². The van der Waals surface area contributed by atoms with Gasteiger partial charge in [0.2, 0.25) is 0 Å². The van der Waals surface area contributed by atoms with Gasteiger partial charge < -0.3 is 14.8 Å². The summed E-state index contributed by atoms with van der Waals surface area (Å²) >= 11 is 6.10. The van der Waals surface area contributed by atoms with Crippen LogP contribution in [0.25, 0.3) is 11.4 Å². The molecule has 0 atom stereocenters. The molecule has 1 aromatic heterocycles. The lowest BCUT2D eigenvalue weighted by atomic mass is 10.2. The van der Waals surface area contributed by atoms with Gasteiger partial charge >= 0.3 is 5.97 Å². The van der Waals surface area contributed by atoms with Crippen LogP contribution in [0, 0.1) is 0 Å². The third-order valence-corrected chi connectivity index (χ3v) is 4.19. The van der Waals surface area contributed by atoms with Crippen LogP contribution in [0.2, 0.25) is 5.02 Å². The van der Waals surface area contributed by atoms with Crippen molar-refractivity contribution >= 4 is 17.6 Å². The predicted octanol–water partition coefficient (Wildman–Crippen LogP) is 3.08. The maximum Gasteiger partial charge on any atom is 0.303 e. The number of aromatic amines is 1. The Morgan fingerprint density at radius 3 is 2.52 bits per heavy atom. The highest BCUT2D eigenvalue weighted by atomic mass is 35.5. The summed E-state index contributed by atoms with van der Waals surface area (Å²) in [5.41, 5.74) is 1.20. The summed E-state index contributed by atoms with van der Waals surface area (Å²) in [5.74, 6) is -0.0450. The van der Waals surface area contributed by atoms with Gasteiger partial charge in [0.15, 0.2) is 5.82 Å². The molecule has 0 saturated heterocycles. The Hall–Kier alpha value is -3.19. The van der Waals surface area contributed by atoms with E-state index in [0.29, 0.717) is 28.8 Å². The molecule has 0 saturated carbocycles. The Morgan fingerprint density at radius 2 is 1.85 bits per heavy atom. The first-order valence-corrected chi connectivity index (χ1v) is 8.55. The number of aryl methyl sites for hydroxylation is 1. The van der Waals surface area contributed by atoms with Crippen molar-refractivity contribution in [1.82, 2.24) is 15.2 Å². The molecule has 0 spiro atoms. The first kappa shape index (κ1) is 18.6. The fraction of sp³-hybridized carbons (Fsp3) is 0.158. The summed E-state index contributed by atoms with van der Waals surface area (Å²) in [4.78, 5) is 25.2. The number of carboxylic acids is 1. The van der Waals surface area contributed by atoms with E-state index >= 15 is 0 Å². The average molecular weight is 386 g/mol. The fourth-order valence-corrected chi connectivity index (χ4v) is 2.56. The number of carboxylic acid groups (broad SMARTS) is 1. The lowest BCUT2D eigenvalue weighted by molar-refractivity contribution is -0.136. The van der Waals surface area contributed by atoms with Crippen molar-refractivity contribution in [2.24, 2.45) is 0 Å². The van der Waals surface area contributed by atoms with Crippen LogP contribution in [0.1, 0.15) is 17.7 Å². The number of carbonyl (C=O) groups is 1. The summed E-state index contributed by atoms with van der Waals surface area (Å²) in [6.07, 6.45) is -0.138. The van der Waals surface area contributed by atoms with Crippen molar-refractivity contribution in [1.29, 1.82) is 0 Å². The molecule has 0 aliphatic carbocycles. The van der Waals surface area contributed by atoms with Crippen molar-refractivity contribution < 1.29 is 14.6 Å². The van der Waals surface area contributed by atoms with Gasteiger partial charge in [0.05, 0.1) is 6.42 Å². The first-order chi connectivity index (χ1) is 13.0. The molecule has 7 nitrogen and oxygen atoms in total. The van der Waals surface area contributed by atoms with Gasteiger partial charge in [-0.15, -0.1) is 10.2 Å². The maximum atomic E-state index is 12.0. The summed E-state index contributed by atoms with van der Waals surface area (Å²) in [6, 6.07) is 14.5. The van der Waals surface area contributed by atoms with Gasteiger partial charge in [-0.05, 0) is 30.3 Å². The first-order valence-electron chi connectivity index (χ1n) is 8.17. The van der Waals surface area contributed by atoms with E-state index in [1.807, 2.05) is 18.2 Å². The number of aromatic nitrogens is 3. The zero-order valence-corrected chi connectivity index (χ0v) is 14.9. The van der Waals surface area contributed by atoms with Crippen LogP contribution < -0.4 is 10.3 Å². The van der Waals surface area contributed by atoms with Crippen molar-refractivity contribution in [3.63, 3.8) is 0 Å². The number of halogens is 1. The zero-order valence-electron chi connectivity index (χ0n) is 14.2. The molecule has 0 bridgehead atoms. The van der Waals surface area contributed by atoms with E-state index in [0.717, 1.165) is 5.56 Å². The molecular weight excluding hydrogens is 370 g/mol. The van der Waals surface area contributed by atoms with E-state index < -0.39 is 11.5 Å². The molecule has 0 aliphatic rings. The minimum atomic E-state index is -0.993. The van der Waals surface area contributed by atoms with E-state index in [2.05, 4.69) is 15.2 Å². The van der Waals surface area contributed by atoms with E-state index in [-0.39, 0.29) is 18.5 Å². The summed E-state index contributed by atoms with van der Waals surface area (Å²) in [6.45, 7) is 0.341. The molecule has 0 unspecified atom stereocenters. The average Bonchev–Trinajstić information content (AvgIpc) is 2.67. The topological polar surface area (TPSA) is 105 Å². The van der Waals surface area contributed by atoms with Crippen LogP contribution >= 0.6 is 11.6 Å². The molecule has 3 rings (SSSR count). The molecule has 2 aromatic carbocycles. The van der Waals surface area contributed by atoms with Gasteiger partial charge in [0.25, 0.3) is 5.56 Å². The SMILES string of the molecule is O=C(O)CCc1nnc(-c2ccc(OCc3ccccc3Cl)cc2)[nH]c1=O. The number of H-pyrrole nitrogens is 1. The van der Waals surface area contributed by atoms with Crippen molar-refractivity contribution in [2.45, 2.75) is 19.4 Å². The molecule has 2 N–H and O–H groups in total. The molecule has 27 heavy (non-hydrogen) atoms. The Bertz CT molecular complexity index is 1000. The quantitative estimate of drug-likeness (QED) is 0.647. The van der Waals surface area contributed by atoms with Gasteiger partial charge in [-0.1, -0.05) is 29.8 Å². The van der Waals surface area contributed by atoms with Gasteiger partial charge in [-0.3, -0.25) is 9.59 Å². The zero-order chi connectivity index (χ0) is 19.2. The summed E-state index contributed by atoms with van der Waals surface area (Å²) in [5, 5.41) is 17.1. The molecule has 138 valence electrons. The smallest absolute Gasteiger partial charge is 0.303 e. The van der Waals surface area contributed by atoms with Crippen molar-refractivity contribution in [2.75, 3.05) is 0 Å². The van der Waals surface area contributed by atoms with Crippen LogP contribution in [-0.2, 0) is 17.8 Å². The van der Waals surface area contributed by atoms with Crippen LogP contribution in [0.4, 0.5) is 0 Å². The molecule has 1 heterocycles. The second-order valence-corrected chi connectivity index (χ2v) is 6.15. The number of nitrogens with one attached hydrogen (secondary N) is 1. The second-order valence-electron chi connectivity index (χ2n) is 5.75. The Balaban J connectivity index is 1.68. The highest BCUT2D eigenvalue weighted by Crippen LogP contribution is 2.21. The van der Waals surface area contributed by atoms with Gasteiger partial charge in [0.1, 0.15) is 18.1 Å². The highest BCUT2D eigenvalue weighted by molar-refractivity contribution is 6.31. The molecule has 0 amide bonds. The number of nitrogens with zero attached hydrogens (tertiary/aromatic N) is 2.